The minimum atomic E-state index is -0.196. The van der Waals surface area contributed by atoms with E-state index in [0.717, 1.165) is 27.9 Å². The van der Waals surface area contributed by atoms with Gasteiger partial charge in [0.2, 0.25) is 0 Å². The van der Waals surface area contributed by atoms with Crippen LogP contribution < -0.4 is 5.32 Å². The van der Waals surface area contributed by atoms with E-state index in [9.17, 15) is 4.79 Å². The Morgan fingerprint density at radius 2 is 1.71 bits per heavy atom. The molecule has 5 rings (SSSR count). The van der Waals surface area contributed by atoms with E-state index >= 15 is 0 Å². The summed E-state index contributed by atoms with van der Waals surface area (Å²) in [5.74, 6) is -0.165. The van der Waals surface area contributed by atoms with Crippen LogP contribution in [0.5, 0.6) is 0 Å². The lowest BCUT2D eigenvalue weighted by Crippen LogP contribution is -2.27. The van der Waals surface area contributed by atoms with Crippen LogP contribution in [0.2, 0.25) is 0 Å². The van der Waals surface area contributed by atoms with E-state index in [1.807, 2.05) is 73.1 Å². The Morgan fingerprint density at radius 1 is 0.971 bits per heavy atom. The highest BCUT2D eigenvalue weighted by molar-refractivity contribution is 6.06. The number of carbonyl (C=O) groups is 1. The second kappa shape index (κ2) is 9.13. The van der Waals surface area contributed by atoms with Crippen LogP contribution >= 0.6 is 0 Å². The zero-order valence-electron chi connectivity index (χ0n) is 20.2. The van der Waals surface area contributed by atoms with Gasteiger partial charge in [0.15, 0.2) is 5.65 Å². The normalized spacial score (nSPS) is 12.3. The zero-order valence-corrected chi connectivity index (χ0v) is 20.2. The summed E-state index contributed by atoms with van der Waals surface area (Å²) in [6.07, 6.45) is 4.88. The highest BCUT2D eigenvalue weighted by Crippen LogP contribution is 2.27. The number of aromatic nitrogens is 6. The van der Waals surface area contributed by atoms with Crippen molar-refractivity contribution in [3.05, 3.63) is 90.1 Å². The van der Waals surface area contributed by atoms with Gasteiger partial charge in [-0.25, -0.2) is 19.3 Å². The molecular formula is C27H27N7O. The molecule has 3 heterocycles. The molecule has 1 amide bonds. The molecule has 0 saturated carbocycles. The summed E-state index contributed by atoms with van der Waals surface area (Å²) >= 11 is 0. The van der Waals surface area contributed by atoms with Crippen molar-refractivity contribution in [1.82, 2.24) is 34.8 Å². The number of hydrogen-bond acceptors (Lipinski definition) is 5. The Hall–Kier alpha value is -4.33. The average Bonchev–Trinajstić information content (AvgIpc) is 3.54. The van der Waals surface area contributed by atoms with E-state index in [1.165, 1.54) is 11.9 Å². The van der Waals surface area contributed by atoms with Crippen LogP contribution in [0.3, 0.4) is 0 Å². The fourth-order valence-corrected chi connectivity index (χ4v) is 4.07. The van der Waals surface area contributed by atoms with E-state index in [0.29, 0.717) is 11.2 Å². The van der Waals surface area contributed by atoms with Gasteiger partial charge < -0.3 is 5.32 Å². The third kappa shape index (κ3) is 4.42. The Bertz CT molecular complexity index is 1470. The van der Waals surface area contributed by atoms with Crippen LogP contribution in [0, 0.1) is 6.92 Å². The molecule has 0 bridgehead atoms. The van der Waals surface area contributed by atoms with E-state index < -0.39 is 0 Å². The summed E-state index contributed by atoms with van der Waals surface area (Å²) in [6, 6.07) is 17.8. The van der Waals surface area contributed by atoms with Gasteiger partial charge in [0, 0.05) is 11.6 Å². The molecule has 0 spiro atoms. The molecule has 0 aliphatic heterocycles. The van der Waals surface area contributed by atoms with Crippen LogP contribution in [0.1, 0.15) is 54.3 Å². The number of amides is 1. The number of rotatable bonds is 6. The summed E-state index contributed by atoms with van der Waals surface area (Å²) in [4.78, 5) is 22.4. The third-order valence-electron chi connectivity index (χ3n) is 6.07. The molecule has 0 aliphatic rings. The number of fused-ring (bicyclic) bond motifs is 1. The molecule has 5 aromatic rings. The van der Waals surface area contributed by atoms with Crippen molar-refractivity contribution in [2.24, 2.45) is 0 Å². The number of hydrogen-bond donors (Lipinski definition) is 1. The predicted molar refractivity (Wildman–Crippen MR) is 135 cm³/mol. The molecule has 3 aromatic heterocycles. The summed E-state index contributed by atoms with van der Waals surface area (Å²) in [5, 5.41) is 12.6. The Balaban J connectivity index is 1.48. The van der Waals surface area contributed by atoms with Crippen LogP contribution in [-0.2, 0) is 0 Å². The summed E-state index contributed by atoms with van der Waals surface area (Å²) in [7, 11) is 0. The van der Waals surface area contributed by atoms with Crippen molar-refractivity contribution in [3.8, 4) is 16.9 Å². The van der Waals surface area contributed by atoms with Crippen LogP contribution in [0.4, 0.5) is 0 Å². The van der Waals surface area contributed by atoms with Crippen molar-refractivity contribution in [3.63, 3.8) is 0 Å². The molecule has 8 heteroatoms. The summed E-state index contributed by atoms with van der Waals surface area (Å²) in [6.45, 7) is 8.13. The van der Waals surface area contributed by atoms with E-state index in [2.05, 4.69) is 34.3 Å². The average molecular weight is 466 g/mol. The van der Waals surface area contributed by atoms with Crippen molar-refractivity contribution in [2.45, 2.75) is 39.8 Å². The van der Waals surface area contributed by atoms with Gasteiger partial charge in [0.25, 0.3) is 5.91 Å². The first-order valence-electron chi connectivity index (χ1n) is 11.6. The number of carbonyl (C=O) groups excluding carboxylic acids is 1. The number of pyridine rings is 1. The van der Waals surface area contributed by atoms with Gasteiger partial charge in [0.05, 0.1) is 34.6 Å². The fourth-order valence-electron chi connectivity index (χ4n) is 4.07. The Labute approximate surface area is 203 Å². The lowest BCUT2D eigenvalue weighted by Gasteiger charge is -2.16. The van der Waals surface area contributed by atoms with Gasteiger partial charge in [-0.15, -0.1) is 0 Å². The van der Waals surface area contributed by atoms with Gasteiger partial charge >= 0.3 is 0 Å². The largest absolute Gasteiger partial charge is 0.345 e. The smallest absolute Gasteiger partial charge is 0.252 e. The Morgan fingerprint density at radius 3 is 2.37 bits per heavy atom. The topological polar surface area (TPSA) is 90.5 Å². The minimum absolute atomic E-state index is 0.117. The molecule has 1 atom stereocenters. The monoisotopic (exact) mass is 465 g/mol. The highest BCUT2D eigenvalue weighted by Gasteiger charge is 2.20. The third-order valence-corrected chi connectivity index (χ3v) is 6.07. The molecule has 1 N–H and O–H groups in total. The minimum Gasteiger partial charge on any atom is -0.345 e. The second-order valence-electron chi connectivity index (χ2n) is 8.97. The van der Waals surface area contributed by atoms with Gasteiger partial charge in [-0.3, -0.25) is 4.79 Å². The number of aryl methyl sites for hydroxylation is 1. The van der Waals surface area contributed by atoms with Gasteiger partial charge in [-0.2, -0.15) is 10.2 Å². The van der Waals surface area contributed by atoms with Crippen molar-refractivity contribution < 1.29 is 4.79 Å². The molecule has 0 aliphatic carbocycles. The molecular weight excluding hydrogens is 438 g/mol. The molecule has 2 aromatic carbocycles. The van der Waals surface area contributed by atoms with Crippen LogP contribution in [0.25, 0.3) is 28.0 Å². The first kappa shape index (κ1) is 22.5. The standard InChI is InChI=1S/C27H27N7O/c1-17(2)34-26-24(14-29-34)23(13-25(32-26)21-7-5-18(3)6-8-21)27(35)31-19(4)20-9-11-22(12-10-20)33-16-28-15-30-33/h5-17,19H,1-4H3,(H,31,35). The Kier molecular flexibility index (Phi) is 5.86. The van der Waals surface area contributed by atoms with E-state index in [1.54, 1.807) is 17.2 Å². The summed E-state index contributed by atoms with van der Waals surface area (Å²) < 4.78 is 3.55. The lowest BCUT2D eigenvalue weighted by molar-refractivity contribution is 0.0941. The quantitative estimate of drug-likeness (QED) is 0.379. The number of nitrogens with one attached hydrogen (secondary N) is 1. The van der Waals surface area contributed by atoms with E-state index in [-0.39, 0.29) is 18.0 Å². The van der Waals surface area contributed by atoms with Crippen molar-refractivity contribution in [2.75, 3.05) is 0 Å². The van der Waals surface area contributed by atoms with Gasteiger partial charge in [0.1, 0.15) is 12.7 Å². The van der Waals surface area contributed by atoms with Crippen molar-refractivity contribution in [1.29, 1.82) is 0 Å². The van der Waals surface area contributed by atoms with Crippen LogP contribution in [-0.4, -0.2) is 35.4 Å². The first-order valence-corrected chi connectivity index (χ1v) is 11.6. The summed E-state index contributed by atoms with van der Waals surface area (Å²) in [5.41, 5.74) is 6.03. The molecule has 8 nitrogen and oxygen atoms in total. The molecule has 35 heavy (non-hydrogen) atoms. The molecule has 1 unspecified atom stereocenters. The van der Waals surface area contributed by atoms with Crippen molar-refractivity contribution >= 4 is 16.9 Å². The highest BCUT2D eigenvalue weighted by atomic mass is 16.1. The maximum atomic E-state index is 13.5. The van der Waals surface area contributed by atoms with Gasteiger partial charge in [-0.1, -0.05) is 42.0 Å². The molecule has 0 radical (unpaired) electrons. The number of benzene rings is 2. The predicted octanol–water partition coefficient (Wildman–Crippen LogP) is 5.06. The lowest BCUT2D eigenvalue weighted by atomic mass is 10.0. The fraction of sp³-hybridized carbons (Fsp3) is 0.222. The van der Waals surface area contributed by atoms with E-state index in [4.69, 9.17) is 4.98 Å². The molecule has 0 fully saturated rings. The van der Waals surface area contributed by atoms with Crippen LogP contribution in [0.15, 0.2) is 73.4 Å². The second-order valence-corrected chi connectivity index (χ2v) is 8.97. The van der Waals surface area contributed by atoms with Gasteiger partial charge in [-0.05, 0) is 51.5 Å². The molecule has 176 valence electrons. The zero-order chi connectivity index (χ0) is 24.5. The maximum absolute atomic E-state index is 13.5. The SMILES string of the molecule is Cc1ccc(-c2cc(C(=O)NC(C)c3ccc(-n4cncn4)cc3)c3cnn(C(C)C)c3n2)cc1. The molecule has 0 saturated heterocycles. The number of nitrogens with zero attached hydrogens (tertiary/aromatic N) is 6. The maximum Gasteiger partial charge on any atom is 0.252 e. The first-order chi connectivity index (χ1) is 16.9.